The molecule has 0 saturated heterocycles. The Morgan fingerprint density at radius 3 is 2.65 bits per heavy atom. The molecule has 0 fully saturated rings. The van der Waals surface area contributed by atoms with Crippen LogP contribution in [0.5, 0.6) is 0 Å². The number of para-hydroxylation sites is 1. The van der Waals surface area contributed by atoms with Crippen LogP contribution in [0.2, 0.25) is 0 Å². The van der Waals surface area contributed by atoms with Crippen LogP contribution in [0.1, 0.15) is 22.9 Å². The van der Waals surface area contributed by atoms with E-state index in [2.05, 4.69) is 5.43 Å². The Kier molecular flexibility index (Phi) is 3.26. The molecule has 0 radical (unpaired) electrons. The van der Waals surface area contributed by atoms with Crippen LogP contribution in [0.25, 0.3) is 11.0 Å². The van der Waals surface area contributed by atoms with Crippen molar-refractivity contribution < 1.29 is 8.81 Å². The maximum atomic E-state index is 14.1. The number of benzene rings is 2. The molecule has 20 heavy (non-hydrogen) atoms. The van der Waals surface area contributed by atoms with Gasteiger partial charge in [0.25, 0.3) is 0 Å². The van der Waals surface area contributed by atoms with E-state index in [1.165, 1.54) is 6.07 Å². The summed E-state index contributed by atoms with van der Waals surface area (Å²) in [5.74, 6) is 5.89. The number of nitrogens with one attached hydrogen (secondary N) is 1. The quantitative estimate of drug-likeness (QED) is 0.566. The van der Waals surface area contributed by atoms with Crippen molar-refractivity contribution in [3.63, 3.8) is 0 Å². The van der Waals surface area contributed by atoms with Crippen molar-refractivity contribution in [1.82, 2.24) is 5.43 Å². The van der Waals surface area contributed by atoms with Gasteiger partial charge in [0.1, 0.15) is 23.2 Å². The van der Waals surface area contributed by atoms with Crippen molar-refractivity contribution in [2.75, 3.05) is 0 Å². The first-order valence-corrected chi connectivity index (χ1v) is 6.39. The van der Waals surface area contributed by atoms with Gasteiger partial charge in [-0.25, -0.2) is 9.82 Å². The number of furan rings is 1. The van der Waals surface area contributed by atoms with Crippen molar-refractivity contribution in [3.05, 3.63) is 71.2 Å². The van der Waals surface area contributed by atoms with E-state index in [1.54, 1.807) is 6.07 Å². The topological polar surface area (TPSA) is 51.2 Å². The zero-order chi connectivity index (χ0) is 14.1. The number of hydrazine groups is 1. The molecule has 3 N–H and O–H groups in total. The summed E-state index contributed by atoms with van der Waals surface area (Å²) in [6.45, 7) is 1.85. The van der Waals surface area contributed by atoms with Gasteiger partial charge in [0.05, 0.1) is 0 Å². The summed E-state index contributed by atoms with van der Waals surface area (Å²) in [6, 6.07) is 14.1. The van der Waals surface area contributed by atoms with E-state index in [9.17, 15) is 4.39 Å². The molecular weight excluding hydrogens is 255 g/mol. The minimum Gasteiger partial charge on any atom is -0.459 e. The lowest BCUT2D eigenvalue weighted by atomic mass is 10.0. The smallest absolute Gasteiger partial charge is 0.134 e. The van der Waals surface area contributed by atoms with Gasteiger partial charge in [0.2, 0.25) is 0 Å². The minimum atomic E-state index is -0.511. The Morgan fingerprint density at radius 2 is 1.95 bits per heavy atom. The SMILES string of the molecule is Cc1ccc(C(NN)c2cc3ccccc3o2)c(F)c1. The average molecular weight is 270 g/mol. The van der Waals surface area contributed by atoms with Crippen molar-refractivity contribution >= 4 is 11.0 Å². The molecule has 2 aromatic carbocycles. The van der Waals surface area contributed by atoms with Gasteiger partial charge in [0, 0.05) is 10.9 Å². The van der Waals surface area contributed by atoms with E-state index in [-0.39, 0.29) is 5.82 Å². The van der Waals surface area contributed by atoms with Gasteiger partial charge in [-0.2, -0.15) is 0 Å². The fourth-order valence-corrected chi connectivity index (χ4v) is 2.34. The lowest BCUT2D eigenvalue weighted by Gasteiger charge is -2.14. The van der Waals surface area contributed by atoms with Crippen LogP contribution in [0.15, 0.2) is 52.9 Å². The second-order valence-corrected chi connectivity index (χ2v) is 4.81. The fraction of sp³-hybridized carbons (Fsp3) is 0.125. The Morgan fingerprint density at radius 1 is 1.15 bits per heavy atom. The fourth-order valence-electron chi connectivity index (χ4n) is 2.34. The molecule has 0 spiro atoms. The summed E-state index contributed by atoms with van der Waals surface area (Å²) in [7, 11) is 0. The van der Waals surface area contributed by atoms with E-state index in [0.29, 0.717) is 11.3 Å². The van der Waals surface area contributed by atoms with E-state index in [4.69, 9.17) is 10.3 Å². The third kappa shape index (κ3) is 2.19. The van der Waals surface area contributed by atoms with Crippen LogP contribution in [-0.4, -0.2) is 0 Å². The van der Waals surface area contributed by atoms with Gasteiger partial charge in [-0.3, -0.25) is 5.84 Å². The summed E-state index contributed by atoms with van der Waals surface area (Å²) < 4.78 is 19.8. The molecule has 0 aliphatic heterocycles. The normalized spacial score (nSPS) is 12.8. The molecular formula is C16H15FN2O. The van der Waals surface area contributed by atoms with E-state index in [1.807, 2.05) is 43.3 Å². The zero-order valence-corrected chi connectivity index (χ0v) is 11.1. The predicted molar refractivity (Wildman–Crippen MR) is 76.5 cm³/mol. The lowest BCUT2D eigenvalue weighted by Crippen LogP contribution is -2.29. The van der Waals surface area contributed by atoms with Gasteiger partial charge < -0.3 is 4.42 Å². The van der Waals surface area contributed by atoms with Gasteiger partial charge in [-0.1, -0.05) is 30.3 Å². The maximum Gasteiger partial charge on any atom is 0.134 e. The number of hydrogen-bond donors (Lipinski definition) is 2. The molecule has 3 nitrogen and oxygen atoms in total. The average Bonchev–Trinajstić information content (AvgIpc) is 2.85. The molecule has 4 heteroatoms. The molecule has 0 amide bonds. The summed E-state index contributed by atoms with van der Waals surface area (Å²) >= 11 is 0. The third-order valence-corrected chi connectivity index (χ3v) is 3.36. The Labute approximate surface area is 116 Å². The maximum absolute atomic E-state index is 14.1. The number of halogens is 1. The predicted octanol–water partition coefficient (Wildman–Crippen LogP) is 3.43. The second kappa shape index (κ2) is 5.07. The molecule has 102 valence electrons. The largest absolute Gasteiger partial charge is 0.459 e. The van der Waals surface area contributed by atoms with Crippen molar-refractivity contribution in [2.45, 2.75) is 13.0 Å². The van der Waals surface area contributed by atoms with Crippen molar-refractivity contribution in [2.24, 2.45) is 5.84 Å². The second-order valence-electron chi connectivity index (χ2n) is 4.81. The van der Waals surface area contributed by atoms with Crippen LogP contribution in [0.4, 0.5) is 4.39 Å². The summed E-state index contributed by atoms with van der Waals surface area (Å²) in [4.78, 5) is 0. The molecule has 0 bridgehead atoms. The van der Waals surface area contributed by atoms with E-state index in [0.717, 1.165) is 16.5 Å². The Hall–Kier alpha value is -2.17. The molecule has 0 aliphatic rings. The van der Waals surface area contributed by atoms with Crippen LogP contribution in [-0.2, 0) is 0 Å². The molecule has 1 heterocycles. The first-order chi connectivity index (χ1) is 9.69. The third-order valence-electron chi connectivity index (χ3n) is 3.36. The van der Waals surface area contributed by atoms with Crippen LogP contribution in [0, 0.1) is 12.7 Å². The highest BCUT2D eigenvalue weighted by atomic mass is 19.1. The number of rotatable bonds is 3. The minimum absolute atomic E-state index is 0.298. The van der Waals surface area contributed by atoms with E-state index < -0.39 is 6.04 Å². The lowest BCUT2D eigenvalue weighted by molar-refractivity contribution is 0.462. The first kappa shape index (κ1) is 12.8. The molecule has 3 aromatic rings. The van der Waals surface area contributed by atoms with Crippen molar-refractivity contribution in [1.29, 1.82) is 0 Å². The Bertz CT molecular complexity index is 718. The highest BCUT2D eigenvalue weighted by molar-refractivity contribution is 5.77. The van der Waals surface area contributed by atoms with Crippen LogP contribution in [0.3, 0.4) is 0 Å². The number of nitrogens with two attached hydrogens (primary N) is 1. The van der Waals surface area contributed by atoms with Crippen LogP contribution < -0.4 is 11.3 Å². The number of fused-ring (bicyclic) bond motifs is 1. The first-order valence-electron chi connectivity index (χ1n) is 6.39. The molecule has 1 atom stereocenters. The Balaban J connectivity index is 2.08. The van der Waals surface area contributed by atoms with Gasteiger partial charge >= 0.3 is 0 Å². The number of hydrogen-bond acceptors (Lipinski definition) is 3. The molecule has 3 rings (SSSR count). The van der Waals surface area contributed by atoms with Crippen LogP contribution >= 0.6 is 0 Å². The highest BCUT2D eigenvalue weighted by Gasteiger charge is 2.20. The van der Waals surface area contributed by atoms with Crippen molar-refractivity contribution in [3.8, 4) is 0 Å². The molecule has 0 saturated carbocycles. The summed E-state index contributed by atoms with van der Waals surface area (Å²) in [5.41, 5.74) is 4.72. The van der Waals surface area contributed by atoms with Gasteiger partial charge in [-0.15, -0.1) is 0 Å². The van der Waals surface area contributed by atoms with Gasteiger partial charge in [-0.05, 0) is 30.7 Å². The zero-order valence-electron chi connectivity index (χ0n) is 11.1. The number of aryl methyl sites for hydroxylation is 1. The molecule has 1 unspecified atom stereocenters. The standard InChI is InChI=1S/C16H15FN2O/c1-10-6-7-12(13(17)8-10)16(19-18)15-9-11-4-2-3-5-14(11)20-15/h2-9,16,19H,18H2,1H3. The molecule has 0 aliphatic carbocycles. The summed E-state index contributed by atoms with van der Waals surface area (Å²) in [6.07, 6.45) is 0. The van der Waals surface area contributed by atoms with Gasteiger partial charge in [0.15, 0.2) is 0 Å². The molecule has 1 aromatic heterocycles. The monoisotopic (exact) mass is 270 g/mol. The van der Waals surface area contributed by atoms with E-state index >= 15 is 0 Å². The highest BCUT2D eigenvalue weighted by Crippen LogP contribution is 2.29. The summed E-state index contributed by atoms with van der Waals surface area (Å²) in [5, 5.41) is 0.968.